The topological polar surface area (TPSA) is 116 Å². The number of alkyl halides is 3. The second-order valence-electron chi connectivity index (χ2n) is 8.20. The highest BCUT2D eigenvalue weighted by Gasteiger charge is 2.38. The van der Waals surface area contributed by atoms with Crippen molar-refractivity contribution in [1.82, 2.24) is 10.2 Å². The Labute approximate surface area is 216 Å². The predicted molar refractivity (Wildman–Crippen MR) is 131 cm³/mol. The first-order valence-electron chi connectivity index (χ1n) is 11.5. The zero-order valence-electron chi connectivity index (χ0n) is 20.0. The van der Waals surface area contributed by atoms with Crippen molar-refractivity contribution in [2.45, 2.75) is 32.4 Å². The van der Waals surface area contributed by atoms with E-state index in [9.17, 15) is 27.6 Å². The van der Waals surface area contributed by atoms with E-state index >= 15 is 0 Å². The quantitative estimate of drug-likeness (QED) is 0.494. The molecule has 0 atom stereocenters. The summed E-state index contributed by atoms with van der Waals surface area (Å²) in [5, 5.41) is 13.4. The van der Waals surface area contributed by atoms with Crippen LogP contribution in [0.25, 0.3) is 0 Å². The summed E-state index contributed by atoms with van der Waals surface area (Å²) in [6.45, 7) is 3.85. The summed E-state index contributed by atoms with van der Waals surface area (Å²) in [7, 11) is 0. The Hall–Kier alpha value is -3.60. The lowest BCUT2D eigenvalue weighted by molar-refractivity contribution is -0.192. The molecule has 0 unspecified atom stereocenters. The summed E-state index contributed by atoms with van der Waals surface area (Å²) >= 11 is 5.84. The molecule has 3 N–H and O–H groups in total. The molecular weight excluding hydrogens is 515 g/mol. The number of hydrogen-bond acceptors (Lipinski definition) is 4. The third-order valence-electron chi connectivity index (χ3n) is 5.44. The van der Waals surface area contributed by atoms with Gasteiger partial charge in [-0.15, -0.1) is 0 Å². The first kappa shape index (κ1) is 29.6. The highest BCUT2D eigenvalue weighted by Crippen LogP contribution is 2.20. The Morgan fingerprint density at radius 1 is 0.973 bits per heavy atom. The van der Waals surface area contributed by atoms with Crippen molar-refractivity contribution < 1.29 is 37.5 Å². The molecule has 1 aliphatic rings. The standard InChI is InChI=1S/C23H26ClN3O3.C2HF3O2/c1-2-13-25-21(28)17-11-14-27(15-12-17)23(30)18-5-9-20(10-6-18)26-22(29)16-3-7-19(24)8-4-16;3-2(4,5)1(6)7/h3-10,17H,2,11-15H2,1H3,(H,25,28)(H,26,29);(H,6,7). The predicted octanol–water partition coefficient (Wildman–Crippen LogP) is 4.60. The van der Waals surface area contributed by atoms with E-state index in [0.717, 1.165) is 6.42 Å². The molecular formula is C25H27ClF3N3O5. The van der Waals surface area contributed by atoms with E-state index in [2.05, 4.69) is 10.6 Å². The molecule has 2 aromatic carbocycles. The number of benzene rings is 2. The van der Waals surface area contributed by atoms with Gasteiger partial charge in [0.15, 0.2) is 0 Å². The Morgan fingerprint density at radius 3 is 1.97 bits per heavy atom. The maximum atomic E-state index is 12.8. The van der Waals surface area contributed by atoms with Gasteiger partial charge in [0, 0.05) is 47.4 Å². The number of carboxylic acid groups (broad SMARTS) is 1. The monoisotopic (exact) mass is 541 g/mol. The van der Waals surface area contributed by atoms with Gasteiger partial charge in [0.25, 0.3) is 11.8 Å². The molecule has 3 amide bonds. The van der Waals surface area contributed by atoms with Crippen LogP contribution in [0.15, 0.2) is 48.5 Å². The maximum Gasteiger partial charge on any atom is 0.490 e. The van der Waals surface area contributed by atoms with Gasteiger partial charge in [-0.2, -0.15) is 13.2 Å². The second kappa shape index (κ2) is 13.6. The molecule has 1 saturated heterocycles. The van der Waals surface area contributed by atoms with Crippen molar-refractivity contribution in [3.05, 3.63) is 64.7 Å². The van der Waals surface area contributed by atoms with Crippen LogP contribution in [0.3, 0.4) is 0 Å². The van der Waals surface area contributed by atoms with Gasteiger partial charge in [0.05, 0.1) is 0 Å². The van der Waals surface area contributed by atoms with Gasteiger partial charge in [-0.3, -0.25) is 14.4 Å². The molecule has 12 heteroatoms. The summed E-state index contributed by atoms with van der Waals surface area (Å²) in [5.41, 5.74) is 1.68. The first-order chi connectivity index (χ1) is 17.4. The number of carbonyl (C=O) groups is 4. The fourth-order valence-electron chi connectivity index (χ4n) is 3.42. The molecule has 200 valence electrons. The van der Waals surface area contributed by atoms with Crippen LogP contribution in [0.2, 0.25) is 5.02 Å². The van der Waals surface area contributed by atoms with Gasteiger partial charge >= 0.3 is 12.1 Å². The van der Waals surface area contributed by atoms with E-state index in [1.807, 2.05) is 6.92 Å². The Kier molecular flexibility index (Phi) is 10.9. The van der Waals surface area contributed by atoms with Crippen molar-refractivity contribution in [2.75, 3.05) is 25.0 Å². The van der Waals surface area contributed by atoms with Crippen LogP contribution in [0.5, 0.6) is 0 Å². The molecule has 8 nitrogen and oxygen atoms in total. The average molecular weight is 542 g/mol. The molecule has 0 saturated carbocycles. The molecule has 0 aliphatic carbocycles. The van der Waals surface area contributed by atoms with E-state index in [0.29, 0.717) is 54.3 Å². The summed E-state index contributed by atoms with van der Waals surface area (Å²) in [4.78, 5) is 47.8. The van der Waals surface area contributed by atoms with Gasteiger partial charge in [-0.25, -0.2) is 4.79 Å². The number of carbonyl (C=O) groups excluding carboxylic acids is 3. The Morgan fingerprint density at radius 2 is 1.49 bits per heavy atom. The highest BCUT2D eigenvalue weighted by molar-refractivity contribution is 6.30. The number of rotatable bonds is 6. The fraction of sp³-hybridized carbons (Fsp3) is 0.360. The zero-order valence-corrected chi connectivity index (χ0v) is 20.7. The van der Waals surface area contributed by atoms with Crippen molar-refractivity contribution >= 4 is 41.0 Å². The zero-order chi connectivity index (χ0) is 27.6. The second-order valence-corrected chi connectivity index (χ2v) is 8.64. The third-order valence-corrected chi connectivity index (χ3v) is 5.69. The van der Waals surface area contributed by atoms with E-state index in [1.54, 1.807) is 53.4 Å². The molecule has 2 aromatic rings. The first-order valence-corrected chi connectivity index (χ1v) is 11.8. The summed E-state index contributed by atoms with van der Waals surface area (Å²) in [6, 6.07) is 13.5. The van der Waals surface area contributed by atoms with E-state index < -0.39 is 12.1 Å². The van der Waals surface area contributed by atoms with Crippen molar-refractivity contribution in [2.24, 2.45) is 5.92 Å². The summed E-state index contributed by atoms with van der Waals surface area (Å²) < 4.78 is 31.7. The lowest BCUT2D eigenvalue weighted by Crippen LogP contribution is -2.43. The molecule has 1 fully saturated rings. The highest BCUT2D eigenvalue weighted by atomic mass is 35.5. The SMILES string of the molecule is CCCNC(=O)C1CCN(C(=O)c2ccc(NC(=O)c3ccc(Cl)cc3)cc2)CC1.O=C(O)C(F)(F)F. The summed E-state index contributed by atoms with van der Waals surface area (Å²) in [5.74, 6) is -2.99. The molecule has 3 rings (SSSR count). The van der Waals surface area contributed by atoms with Crippen LogP contribution in [0.4, 0.5) is 18.9 Å². The minimum absolute atomic E-state index is 0.0222. The molecule has 0 spiro atoms. The van der Waals surface area contributed by atoms with Gasteiger partial charge in [-0.1, -0.05) is 18.5 Å². The molecule has 0 bridgehead atoms. The van der Waals surface area contributed by atoms with Gasteiger partial charge in [0.2, 0.25) is 5.91 Å². The number of likely N-dealkylation sites (tertiary alicyclic amines) is 1. The fourth-order valence-corrected chi connectivity index (χ4v) is 3.55. The van der Waals surface area contributed by atoms with Crippen LogP contribution in [0, 0.1) is 5.92 Å². The van der Waals surface area contributed by atoms with Crippen LogP contribution < -0.4 is 10.6 Å². The number of carboxylic acids is 1. The lowest BCUT2D eigenvalue weighted by atomic mass is 9.95. The van der Waals surface area contributed by atoms with Crippen LogP contribution >= 0.6 is 11.6 Å². The molecule has 1 aliphatic heterocycles. The molecule has 37 heavy (non-hydrogen) atoms. The number of nitrogens with one attached hydrogen (secondary N) is 2. The number of piperidine rings is 1. The number of amides is 3. The Bertz CT molecular complexity index is 1080. The third kappa shape index (κ3) is 9.41. The molecule has 0 aromatic heterocycles. The number of halogens is 4. The van der Waals surface area contributed by atoms with Crippen molar-refractivity contribution in [3.63, 3.8) is 0 Å². The van der Waals surface area contributed by atoms with Crippen LogP contribution in [-0.2, 0) is 9.59 Å². The smallest absolute Gasteiger partial charge is 0.475 e. The van der Waals surface area contributed by atoms with Crippen molar-refractivity contribution in [1.29, 1.82) is 0 Å². The van der Waals surface area contributed by atoms with Crippen LogP contribution in [-0.4, -0.2) is 59.5 Å². The maximum absolute atomic E-state index is 12.8. The molecule has 1 heterocycles. The minimum Gasteiger partial charge on any atom is -0.475 e. The Balaban J connectivity index is 0.000000604. The summed E-state index contributed by atoms with van der Waals surface area (Å²) in [6.07, 6.45) is -2.81. The number of aliphatic carboxylic acids is 1. The van der Waals surface area contributed by atoms with E-state index in [1.165, 1.54) is 0 Å². The normalized spacial score (nSPS) is 13.7. The van der Waals surface area contributed by atoms with Gasteiger partial charge in [-0.05, 0) is 67.8 Å². The van der Waals surface area contributed by atoms with Crippen LogP contribution in [0.1, 0.15) is 46.9 Å². The largest absolute Gasteiger partial charge is 0.490 e. The van der Waals surface area contributed by atoms with E-state index in [-0.39, 0.29) is 23.6 Å². The van der Waals surface area contributed by atoms with Gasteiger partial charge in [0.1, 0.15) is 0 Å². The number of hydrogen-bond donors (Lipinski definition) is 3. The average Bonchev–Trinajstić information content (AvgIpc) is 2.87. The number of nitrogens with zero attached hydrogens (tertiary/aromatic N) is 1. The minimum atomic E-state index is -5.08. The van der Waals surface area contributed by atoms with E-state index in [4.69, 9.17) is 21.5 Å². The lowest BCUT2D eigenvalue weighted by Gasteiger charge is -2.31. The van der Waals surface area contributed by atoms with Crippen molar-refractivity contribution in [3.8, 4) is 0 Å². The van der Waals surface area contributed by atoms with Gasteiger partial charge < -0.3 is 20.6 Å². The molecule has 0 radical (unpaired) electrons. The number of anilines is 1.